The van der Waals surface area contributed by atoms with Gasteiger partial charge in [-0.25, -0.2) is 4.79 Å². The second-order valence-electron chi connectivity index (χ2n) is 10.5. The third-order valence-corrected chi connectivity index (χ3v) is 7.75. The minimum absolute atomic E-state index is 0.139. The number of aromatic carboxylic acids is 1. The number of aliphatic hydroxyl groups excluding tert-OH is 1. The molecule has 3 aromatic carbocycles. The molecule has 2 amide bonds. The number of nitrogens with one attached hydrogen (secondary N) is 3. The number of carbonyl (C=O) groups is 3. The fraction of sp³-hybridized carbons (Fsp3) is 0.281. The Kier molecular flexibility index (Phi) is 8.47. The van der Waals surface area contributed by atoms with Crippen molar-refractivity contribution in [2.45, 2.75) is 19.8 Å². The number of carbonyl (C=O) groups excluding carboxylic acids is 2. The van der Waals surface area contributed by atoms with Crippen molar-refractivity contribution in [1.29, 1.82) is 0 Å². The number of hydrogen-bond donors (Lipinski definition) is 5. The first-order chi connectivity index (χ1) is 19.8. The van der Waals surface area contributed by atoms with Crippen molar-refractivity contribution < 1.29 is 24.6 Å². The average molecular weight is 555 g/mol. The van der Waals surface area contributed by atoms with Gasteiger partial charge in [0.1, 0.15) is 0 Å². The highest BCUT2D eigenvalue weighted by molar-refractivity contribution is 6.37. The average Bonchev–Trinajstić information content (AvgIpc) is 3.30. The van der Waals surface area contributed by atoms with Crippen LogP contribution in [0, 0.1) is 12.8 Å². The number of carboxylic acids is 1. The van der Waals surface area contributed by atoms with Gasteiger partial charge in [-0.05, 0) is 86.3 Å². The van der Waals surface area contributed by atoms with Gasteiger partial charge in [0, 0.05) is 36.5 Å². The summed E-state index contributed by atoms with van der Waals surface area (Å²) in [6.45, 7) is 5.14. The largest absolute Gasteiger partial charge is 0.478 e. The molecule has 1 saturated heterocycles. The van der Waals surface area contributed by atoms with Gasteiger partial charge in [0.25, 0.3) is 11.8 Å². The molecule has 41 heavy (non-hydrogen) atoms. The monoisotopic (exact) mass is 554 g/mol. The van der Waals surface area contributed by atoms with E-state index in [1.165, 1.54) is 6.07 Å². The lowest BCUT2D eigenvalue weighted by Crippen LogP contribution is -2.40. The van der Waals surface area contributed by atoms with Crippen LogP contribution in [0.4, 0.5) is 11.4 Å². The van der Waals surface area contributed by atoms with E-state index in [-0.39, 0.29) is 24.0 Å². The van der Waals surface area contributed by atoms with Gasteiger partial charge in [-0.15, -0.1) is 0 Å². The van der Waals surface area contributed by atoms with E-state index in [1.54, 1.807) is 37.3 Å². The normalized spacial score (nSPS) is 16.6. The lowest BCUT2D eigenvalue weighted by Gasteiger charge is -2.30. The number of amides is 2. The molecule has 0 bridgehead atoms. The first-order valence-electron chi connectivity index (χ1n) is 13.8. The van der Waals surface area contributed by atoms with Crippen molar-refractivity contribution in [1.82, 2.24) is 10.2 Å². The minimum atomic E-state index is -1.05. The van der Waals surface area contributed by atoms with Crippen LogP contribution in [0.5, 0.6) is 0 Å². The number of nitrogens with zero attached hydrogens (tertiary/aromatic N) is 1. The molecule has 9 heteroatoms. The molecule has 1 fully saturated rings. The van der Waals surface area contributed by atoms with Gasteiger partial charge in [-0.2, -0.15) is 0 Å². The zero-order chi connectivity index (χ0) is 28.9. The maximum Gasteiger partial charge on any atom is 0.336 e. The summed E-state index contributed by atoms with van der Waals surface area (Å²) in [7, 11) is 0. The fourth-order valence-corrected chi connectivity index (χ4v) is 5.36. The molecule has 0 unspecified atom stereocenters. The molecule has 9 nitrogen and oxygen atoms in total. The molecule has 212 valence electrons. The first-order valence-corrected chi connectivity index (χ1v) is 13.8. The van der Waals surface area contributed by atoms with Crippen LogP contribution in [0.3, 0.4) is 0 Å². The quantitative estimate of drug-likeness (QED) is 0.252. The summed E-state index contributed by atoms with van der Waals surface area (Å²) >= 11 is 0. The van der Waals surface area contributed by atoms with Crippen molar-refractivity contribution >= 4 is 40.4 Å². The lowest BCUT2D eigenvalue weighted by molar-refractivity contribution is -0.110. The van der Waals surface area contributed by atoms with Crippen molar-refractivity contribution in [2.24, 2.45) is 5.92 Å². The molecule has 2 aliphatic heterocycles. The van der Waals surface area contributed by atoms with E-state index >= 15 is 0 Å². The predicted octanol–water partition coefficient (Wildman–Crippen LogP) is 4.06. The van der Waals surface area contributed by atoms with Gasteiger partial charge in [0.2, 0.25) is 0 Å². The number of anilines is 2. The number of benzene rings is 3. The summed E-state index contributed by atoms with van der Waals surface area (Å²) < 4.78 is 0. The molecular weight excluding hydrogens is 520 g/mol. The van der Waals surface area contributed by atoms with Crippen LogP contribution in [0.1, 0.15) is 50.2 Å². The standard InChI is InChI=1S/C32H34N4O5/c1-20-17-26-27(18-25(20)32(40)41)35-31(39)28(26)29(22-5-3-2-4-6-22)34-24-9-7-23(8-10-24)30(38)33-13-16-36-14-11-21(19-37)12-15-36/h2-10,17-18,21,34,37H,11-16,19H2,1H3,(H,33,38)(H,35,39)(H,40,41)/b29-28+. The predicted molar refractivity (Wildman–Crippen MR) is 159 cm³/mol. The maximum absolute atomic E-state index is 13.2. The number of likely N-dealkylation sites (tertiary alicyclic amines) is 1. The Morgan fingerprint density at radius 3 is 2.37 bits per heavy atom. The second-order valence-corrected chi connectivity index (χ2v) is 10.5. The Bertz CT molecular complexity index is 1480. The minimum Gasteiger partial charge on any atom is -0.478 e. The van der Waals surface area contributed by atoms with Crippen LogP contribution in [-0.4, -0.2) is 65.7 Å². The summed E-state index contributed by atoms with van der Waals surface area (Å²) in [5.41, 5.74) is 4.78. The fourth-order valence-electron chi connectivity index (χ4n) is 5.36. The van der Waals surface area contributed by atoms with Crippen LogP contribution in [0.25, 0.3) is 11.3 Å². The molecule has 0 aromatic heterocycles. The summed E-state index contributed by atoms with van der Waals surface area (Å²) in [4.78, 5) is 39.9. The molecule has 0 aliphatic carbocycles. The zero-order valence-electron chi connectivity index (χ0n) is 22.9. The highest BCUT2D eigenvalue weighted by atomic mass is 16.4. The van der Waals surface area contributed by atoms with Crippen molar-refractivity contribution in [3.63, 3.8) is 0 Å². The van der Waals surface area contributed by atoms with E-state index in [1.807, 2.05) is 30.3 Å². The number of fused-ring (bicyclic) bond motifs is 1. The molecule has 0 saturated carbocycles. The number of piperidine rings is 1. The Labute approximate surface area is 238 Å². The molecule has 0 radical (unpaired) electrons. The smallest absolute Gasteiger partial charge is 0.336 e. The number of rotatable bonds is 9. The highest BCUT2D eigenvalue weighted by Gasteiger charge is 2.30. The summed E-state index contributed by atoms with van der Waals surface area (Å²) in [5, 5.41) is 28.0. The molecular formula is C32H34N4O5. The van der Waals surface area contributed by atoms with Crippen LogP contribution in [0.2, 0.25) is 0 Å². The molecule has 0 atom stereocenters. The van der Waals surface area contributed by atoms with Crippen LogP contribution < -0.4 is 16.0 Å². The van der Waals surface area contributed by atoms with E-state index in [9.17, 15) is 24.6 Å². The zero-order valence-corrected chi connectivity index (χ0v) is 22.9. The van der Waals surface area contributed by atoms with E-state index in [0.717, 1.165) is 38.0 Å². The third-order valence-electron chi connectivity index (χ3n) is 7.75. The molecule has 2 aliphatic rings. The SMILES string of the molecule is Cc1cc2c(cc1C(=O)O)NC(=O)/C2=C(/Nc1ccc(C(=O)NCCN2CCC(CO)CC2)cc1)c1ccccc1. The Balaban J connectivity index is 1.33. The summed E-state index contributed by atoms with van der Waals surface area (Å²) in [5.74, 6) is -1.15. The van der Waals surface area contributed by atoms with Gasteiger partial charge in [-0.1, -0.05) is 30.3 Å². The molecule has 5 rings (SSSR count). The molecule has 3 aromatic rings. The van der Waals surface area contributed by atoms with Gasteiger partial charge in [0.05, 0.1) is 22.5 Å². The molecule has 0 spiro atoms. The highest BCUT2D eigenvalue weighted by Crippen LogP contribution is 2.39. The van der Waals surface area contributed by atoms with E-state index in [4.69, 9.17) is 0 Å². The molecule has 2 heterocycles. The van der Waals surface area contributed by atoms with E-state index < -0.39 is 5.97 Å². The lowest BCUT2D eigenvalue weighted by atomic mass is 9.96. The Hall–Kier alpha value is -4.47. The van der Waals surface area contributed by atoms with Gasteiger partial charge in [-0.3, -0.25) is 9.59 Å². The van der Waals surface area contributed by atoms with Gasteiger partial charge < -0.3 is 31.1 Å². The second kappa shape index (κ2) is 12.4. The van der Waals surface area contributed by atoms with E-state index in [2.05, 4.69) is 20.9 Å². The van der Waals surface area contributed by atoms with Crippen molar-refractivity contribution in [3.05, 3.63) is 94.5 Å². The number of aryl methyl sites for hydroxylation is 1. The van der Waals surface area contributed by atoms with Crippen molar-refractivity contribution in [2.75, 3.05) is 43.4 Å². The topological polar surface area (TPSA) is 131 Å². The number of aliphatic hydroxyl groups is 1. The maximum atomic E-state index is 13.2. The van der Waals surface area contributed by atoms with E-state index in [0.29, 0.717) is 51.8 Å². The number of carboxylic acid groups (broad SMARTS) is 1. The molecule has 5 N–H and O–H groups in total. The van der Waals surface area contributed by atoms with Crippen LogP contribution >= 0.6 is 0 Å². The van der Waals surface area contributed by atoms with Crippen molar-refractivity contribution in [3.8, 4) is 0 Å². The Morgan fingerprint density at radius 2 is 1.71 bits per heavy atom. The third kappa shape index (κ3) is 6.32. The van der Waals surface area contributed by atoms with Crippen LogP contribution in [0.15, 0.2) is 66.7 Å². The first kappa shape index (κ1) is 28.1. The summed E-state index contributed by atoms with van der Waals surface area (Å²) in [6, 6.07) is 19.7. The van der Waals surface area contributed by atoms with Gasteiger partial charge in [0.15, 0.2) is 0 Å². The van der Waals surface area contributed by atoms with Gasteiger partial charge >= 0.3 is 5.97 Å². The summed E-state index contributed by atoms with van der Waals surface area (Å²) in [6.07, 6.45) is 1.96. The van der Waals surface area contributed by atoms with Crippen LogP contribution in [-0.2, 0) is 4.79 Å². The Morgan fingerprint density at radius 1 is 1.00 bits per heavy atom. The number of hydrogen-bond acceptors (Lipinski definition) is 6.